The zero-order chi connectivity index (χ0) is 22.2. The third kappa shape index (κ3) is 6.86. The van der Waals surface area contributed by atoms with E-state index in [1.165, 1.54) is 13.0 Å². The molecule has 1 aromatic rings. The average Bonchev–Trinajstić information content (AvgIpc) is 2.78. The van der Waals surface area contributed by atoms with E-state index in [1.807, 2.05) is 0 Å². The van der Waals surface area contributed by atoms with E-state index in [0.29, 0.717) is 0 Å². The van der Waals surface area contributed by atoms with Crippen molar-refractivity contribution in [3.8, 4) is 0 Å². The number of aromatic nitrogens is 1. The Hall–Kier alpha value is -0.790. The Kier molecular flexibility index (Phi) is 7.39. The molecule has 2 heterocycles. The smallest absolute Gasteiger partial charge is 0.387 e. The second-order valence-electron chi connectivity index (χ2n) is 5.82. The molecule has 14 nitrogen and oxygen atoms in total. The Morgan fingerprint density at radius 1 is 1.14 bits per heavy atom. The van der Waals surface area contributed by atoms with Gasteiger partial charge in [0.25, 0.3) is 0 Å². The van der Waals surface area contributed by atoms with Crippen LogP contribution in [-0.2, 0) is 31.6 Å². The number of aromatic amines is 1. The van der Waals surface area contributed by atoms with Crippen LogP contribution in [0.5, 0.6) is 0 Å². The number of nitrogens with one attached hydrogen (secondary N) is 1. The van der Waals surface area contributed by atoms with E-state index in [1.54, 1.807) is 0 Å². The van der Waals surface area contributed by atoms with E-state index in [0.717, 1.165) is 6.07 Å². The zero-order valence-corrected chi connectivity index (χ0v) is 17.1. The molecule has 3 unspecified atom stereocenters. The lowest BCUT2D eigenvalue weighted by Gasteiger charge is -2.19. The average molecular weight is 483 g/mol. The number of ether oxygens (including phenoxy) is 1. The monoisotopic (exact) mass is 483 g/mol. The fraction of sp³-hybridized carbons (Fsp3) is 0.545. The van der Waals surface area contributed by atoms with Gasteiger partial charge in [0.2, 0.25) is 5.56 Å². The molecule has 6 N–H and O–H groups in total. The molecule has 0 saturated carbocycles. The molecule has 0 bridgehead atoms. The van der Waals surface area contributed by atoms with Crippen LogP contribution in [0.15, 0.2) is 16.9 Å². The largest absolute Gasteiger partial charge is 0.490 e. The SMILES string of the molecule is Cc1[nH]c(=O)ccc1[C@@H]1O[C@H](COP(=O)(O)OP(=O)(O)OP(=O)(O)O)C(O)[C@@H]1F. The first-order chi connectivity index (χ1) is 13.1. The summed E-state index contributed by atoms with van der Waals surface area (Å²) in [4.78, 5) is 49.0. The van der Waals surface area contributed by atoms with Gasteiger partial charge in [-0.1, -0.05) is 0 Å². The highest BCUT2D eigenvalue weighted by atomic mass is 31.3. The van der Waals surface area contributed by atoms with E-state index < -0.39 is 60.1 Å². The quantitative estimate of drug-likeness (QED) is 0.272. The summed E-state index contributed by atoms with van der Waals surface area (Å²) in [7, 11) is -16.7. The van der Waals surface area contributed by atoms with Gasteiger partial charge in [-0.3, -0.25) is 9.32 Å². The summed E-state index contributed by atoms with van der Waals surface area (Å²) >= 11 is 0. The normalized spacial score (nSPS) is 29.3. The molecule has 2 rings (SSSR count). The lowest BCUT2D eigenvalue weighted by Crippen LogP contribution is -2.31. The minimum absolute atomic E-state index is 0.192. The maximum absolute atomic E-state index is 14.4. The first kappa shape index (κ1) is 24.5. The molecule has 1 aromatic heterocycles. The summed E-state index contributed by atoms with van der Waals surface area (Å²) in [6, 6.07) is 2.37. The maximum atomic E-state index is 14.4. The van der Waals surface area contributed by atoms with Crippen LogP contribution in [0, 0.1) is 6.92 Å². The molecule has 29 heavy (non-hydrogen) atoms. The molecule has 0 amide bonds. The first-order valence-corrected chi connectivity index (χ1v) is 12.1. The molecule has 0 radical (unpaired) electrons. The van der Waals surface area contributed by atoms with Gasteiger partial charge in [0, 0.05) is 17.3 Å². The number of hydrogen-bond donors (Lipinski definition) is 6. The van der Waals surface area contributed by atoms with Crippen LogP contribution in [0.2, 0.25) is 0 Å². The summed E-state index contributed by atoms with van der Waals surface area (Å²) in [6.45, 7) is 0.447. The standard InChI is InChI=1S/C11H17FNO13P3/c1-5-6(2-3-8(14)13-5)11-9(12)10(15)7(24-11)4-23-28(19,20)26-29(21,22)25-27(16,17)18/h2-3,7,9-11,15H,4H2,1H3,(H,13,14)(H,19,20)(H,21,22)(H2,16,17,18)/t7-,9+,10?,11+/m1/s1. The maximum Gasteiger partial charge on any atom is 0.490 e. The van der Waals surface area contributed by atoms with Gasteiger partial charge in [0.15, 0.2) is 6.17 Å². The van der Waals surface area contributed by atoms with Gasteiger partial charge in [-0.15, -0.1) is 0 Å². The van der Waals surface area contributed by atoms with Crippen molar-refractivity contribution in [1.29, 1.82) is 0 Å². The molecular weight excluding hydrogens is 466 g/mol. The predicted molar refractivity (Wildman–Crippen MR) is 90.1 cm³/mol. The number of phosphoric acid groups is 3. The van der Waals surface area contributed by atoms with E-state index in [4.69, 9.17) is 19.4 Å². The fourth-order valence-electron chi connectivity index (χ4n) is 2.48. The van der Waals surface area contributed by atoms with E-state index >= 15 is 0 Å². The number of halogens is 1. The van der Waals surface area contributed by atoms with Crippen LogP contribution in [0.1, 0.15) is 17.4 Å². The number of rotatable bonds is 8. The number of H-pyrrole nitrogens is 1. The van der Waals surface area contributed by atoms with Gasteiger partial charge in [-0.25, -0.2) is 18.1 Å². The number of alkyl halides is 1. The van der Waals surface area contributed by atoms with Gasteiger partial charge in [-0.05, 0) is 13.0 Å². The van der Waals surface area contributed by atoms with Crippen molar-refractivity contribution in [3.05, 3.63) is 33.7 Å². The molecule has 1 fully saturated rings. The summed E-state index contributed by atoms with van der Waals surface area (Å²) in [5.41, 5.74) is -0.00715. The van der Waals surface area contributed by atoms with Crippen LogP contribution >= 0.6 is 23.5 Å². The molecule has 1 aliphatic heterocycles. The Bertz CT molecular complexity index is 946. The van der Waals surface area contributed by atoms with Crippen LogP contribution < -0.4 is 5.56 Å². The minimum atomic E-state index is -5.71. The number of hydrogen-bond acceptors (Lipinski definition) is 9. The molecule has 166 valence electrons. The van der Waals surface area contributed by atoms with Crippen molar-refractivity contribution in [3.63, 3.8) is 0 Å². The summed E-state index contributed by atoms with van der Waals surface area (Å²) < 4.78 is 64.5. The number of phosphoric ester groups is 1. The van der Waals surface area contributed by atoms with Crippen LogP contribution in [0.4, 0.5) is 4.39 Å². The highest BCUT2D eigenvalue weighted by Gasteiger charge is 2.47. The van der Waals surface area contributed by atoms with Crippen LogP contribution in [0.3, 0.4) is 0 Å². The highest BCUT2D eigenvalue weighted by Crippen LogP contribution is 2.66. The number of aryl methyl sites for hydroxylation is 1. The van der Waals surface area contributed by atoms with E-state index in [-0.39, 0.29) is 11.3 Å². The molecule has 18 heteroatoms. The molecule has 6 atom stereocenters. The van der Waals surface area contributed by atoms with Crippen molar-refractivity contribution < 1.29 is 60.6 Å². The van der Waals surface area contributed by atoms with Crippen molar-refractivity contribution in [2.75, 3.05) is 6.61 Å². The summed E-state index contributed by atoms with van der Waals surface area (Å²) in [5.74, 6) is 0. The first-order valence-electron chi connectivity index (χ1n) is 7.56. The minimum Gasteiger partial charge on any atom is -0.387 e. The third-order valence-electron chi connectivity index (χ3n) is 3.60. The zero-order valence-electron chi connectivity index (χ0n) is 14.4. The topological polar surface area (TPSA) is 222 Å². The lowest BCUT2D eigenvalue weighted by atomic mass is 10.0. The molecule has 0 aliphatic carbocycles. The van der Waals surface area contributed by atoms with Gasteiger partial charge in [-0.2, -0.15) is 8.62 Å². The van der Waals surface area contributed by atoms with Crippen LogP contribution in [0.25, 0.3) is 0 Å². The van der Waals surface area contributed by atoms with Gasteiger partial charge >= 0.3 is 23.5 Å². The van der Waals surface area contributed by atoms with Crippen molar-refractivity contribution in [2.24, 2.45) is 0 Å². The number of aliphatic hydroxyl groups is 1. The Balaban J connectivity index is 2.05. The number of aliphatic hydroxyl groups excluding tert-OH is 1. The van der Waals surface area contributed by atoms with Crippen molar-refractivity contribution in [2.45, 2.75) is 31.4 Å². The molecular formula is C11H17FNO13P3. The predicted octanol–water partition coefficient (Wildman–Crippen LogP) is 0.166. The summed E-state index contributed by atoms with van der Waals surface area (Å²) in [5, 5.41) is 9.92. The highest BCUT2D eigenvalue weighted by molar-refractivity contribution is 7.66. The third-order valence-corrected chi connectivity index (χ3v) is 7.40. The van der Waals surface area contributed by atoms with E-state index in [9.17, 15) is 32.9 Å². The Morgan fingerprint density at radius 3 is 2.31 bits per heavy atom. The van der Waals surface area contributed by atoms with Gasteiger partial charge in [0.05, 0.1) is 6.61 Å². The Morgan fingerprint density at radius 2 is 1.76 bits per heavy atom. The molecule has 0 spiro atoms. The van der Waals surface area contributed by atoms with Gasteiger partial charge in [0.1, 0.15) is 18.3 Å². The second kappa shape index (κ2) is 8.75. The summed E-state index contributed by atoms with van der Waals surface area (Å²) in [6.07, 6.45) is -6.77. The van der Waals surface area contributed by atoms with Gasteiger partial charge < -0.3 is 34.4 Å². The molecule has 1 saturated heterocycles. The lowest BCUT2D eigenvalue weighted by molar-refractivity contribution is -0.0223. The fourth-order valence-corrected chi connectivity index (χ4v) is 5.51. The molecule has 0 aromatic carbocycles. The van der Waals surface area contributed by atoms with E-state index in [2.05, 4.69) is 18.1 Å². The second-order valence-corrected chi connectivity index (χ2v) is 10.2. The van der Waals surface area contributed by atoms with Crippen molar-refractivity contribution in [1.82, 2.24) is 4.98 Å². The molecule has 1 aliphatic rings. The van der Waals surface area contributed by atoms with Crippen LogP contribution in [-0.4, -0.2) is 54.7 Å². The number of pyridine rings is 1. The van der Waals surface area contributed by atoms with Crippen molar-refractivity contribution >= 4 is 23.5 Å². The Labute approximate surface area is 161 Å².